The molecule has 4 aromatic rings. The molecule has 2 heterocycles. The summed E-state index contributed by atoms with van der Waals surface area (Å²) in [5, 5.41) is 2.91. The maximum Gasteiger partial charge on any atom is 0.573 e. The van der Waals surface area contributed by atoms with Crippen LogP contribution < -0.4 is 15.8 Å². The summed E-state index contributed by atoms with van der Waals surface area (Å²) in [5.74, 6) is -0.533. The number of alkyl halides is 3. The first-order valence-corrected chi connectivity index (χ1v) is 7.58. The van der Waals surface area contributed by atoms with Gasteiger partial charge in [0, 0.05) is 17.3 Å². The smallest absolute Gasteiger partial charge is 0.423 e. The monoisotopic (exact) mass is 377 g/mol. The lowest BCUT2D eigenvalue weighted by molar-refractivity contribution is -0.274. The van der Waals surface area contributed by atoms with Gasteiger partial charge < -0.3 is 18.9 Å². The number of anilines is 2. The van der Waals surface area contributed by atoms with Crippen molar-refractivity contribution >= 4 is 22.8 Å². The minimum atomic E-state index is -4.75. The van der Waals surface area contributed by atoms with Crippen LogP contribution in [0.25, 0.3) is 22.4 Å². The van der Waals surface area contributed by atoms with Crippen molar-refractivity contribution in [2.45, 2.75) is 6.36 Å². The Balaban J connectivity index is 1.51. The first-order valence-electron chi connectivity index (χ1n) is 7.58. The van der Waals surface area contributed by atoms with Gasteiger partial charge in [0.1, 0.15) is 5.75 Å². The van der Waals surface area contributed by atoms with E-state index in [1.54, 1.807) is 18.2 Å². The van der Waals surface area contributed by atoms with Crippen molar-refractivity contribution in [1.29, 1.82) is 0 Å². The van der Waals surface area contributed by atoms with E-state index in [9.17, 15) is 18.0 Å². The van der Waals surface area contributed by atoms with Crippen LogP contribution in [0.5, 0.6) is 5.75 Å². The number of ether oxygens (including phenoxy) is 1. The Kier molecular flexibility index (Phi) is 3.87. The van der Waals surface area contributed by atoms with E-state index in [0.717, 1.165) is 0 Å². The van der Waals surface area contributed by atoms with Crippen LogP contribution in [0, 0.1) is 0 Å². The molecular formula is C17H10F3N3O4. The number of rotatable bonds is 4. The normalized spacial score (nSPS) is 11.7. The van der Waals surface area contributed by atoms with Crippen LogP contribution in [0.1, 0.15) is 0 Å². The fourth-order valence-corrected chi connectivity index (χ4v) is 2.43. The predicted molar refractivity (Wildman–Crippen MR) is 88.7 cm³/mol. The molecule has 0 aliphatic heterocycles. The summed E-state index contributed by atoms with van der Waals surface area (Å²) >= 11 is 0. The van der Waals surface area contributed by atoms with Gasteiger partial charge in [-0.2, -0.15) is 0 Å². The zero-order chi connectivity index (χ0) is 19.0. The molecule has 0 fully saturated rings. The molecule has 0 saturated carbocycles. The van der Waals surface area contributed by atoms with E-state index >= 15 is 0 Å². The number of oxazole rings is 2. The molecule has 10 heteroatoms. The van der Waals surface area contributed by atoms with Crippen molar-refractivity contribution in [1.82, 2.24) is 9.97 Å². The SMILES string of the molecule is O=c1[nH]c2ccc(Nc3ncc(-c4ccc(OC(F)(F)F)cc4)o3)cc2o1. The molecule has 2 aromatic carbocycles. The fourth-order valence-electron chi connectivity index (χ4n) is 2.43. The molecule has 27 heavy (non-hydrogen) atoms. The van der Waals surface area contributed by atoms with E-state index in [2.05, 4.69) is 20.0 Å². The maximum absolute atomic E-state index is 12.2. The number of H-pyrrole nitrogens is 1. The van der Waals surface area contributed by atoms with Crippen molar-refractivity contribution in [3.8, 4) is 17.1 Å². The largest absolute Gasteiger partial charge is 0.573 e. The van der Waals surface area contributed by atoms with E-state index in [-0.39, 0.29) is 11.8 Å². The average Bonchev–Trinajstić information content (AvgIpc) is 3.19. The number of benzene rings is 2. The lowest BCUT2D eigenvalue weighted by Gasteiger charge is -2.08. The fraction of sp³-hybridized carbons (Fsp3) is 0.0588. The molecule has 0 saturated heterocycles. The van der Waals surface area contributed by atoms with Gasteiger partial charge in [-0.3, -0.25) is 4.98 Å². The Bertz CT molecular complexity index is 1140. The first kappa shape index (κ1) is 16.8. The molecule has 0 unspecified atom stereocenters. The Morgan fingerprint density at radius 2 is 1.85 bits per heavy atom. The molecule has 2 N–H and O–H groups in total. The molecule has 2 aromatic heterocycles. The summed E-state index contributed by atoms with van der Waals surface area (Å²) in [7, 11) is 0. The molecule has 0 spiro atoms. The number of nitrogens with one attached hydrogen (secondary N) is 2. The number of aromatic amines is 1. The standard InChI is InChI=1S/C17H10F3N3O4/c18-17(19,20)27-11-4-1-9(2-5-11)14-8-21-15(25-14)22-10-3-6-12-13(7-10)26-16(24)23-12/h1-8H,(H,21,22)(H,23,24). The highest BCUT2D eigenvalue weighted by Crippen LogP contribution is 2.29. The zero-order valence-corrected chi connectivity index (χ0v) is 13.3. The highest BCUT2D eigenvalue weighted by Gasteiger charge is 2.31. The van der Waals surface area contributed by atoms with Gasteiger partial charge in [-0.15, -0.1) is 13.2 Å². The molecule has 0 aliphatic rings. The van der Waals surface area contributed by atoms with E-state index in [4.69, 9.17) is 8.83 Å². The van der Waals surface area contributed by atoms with Gasteiger partial charge in [-0.05, 0) is 36.4 Å². The number of hydrogen-bond acceptors (Lipinski definition) is 6. The molecular weight excluding hydrogens is 367 g/mol. The highest BCUT2D eigenvalue weighted by atomic mass is 19.4. The molecule has 0 amide bonds. The van der Waals surface area contributed by atoms with Crippen LogP contribution >= 0.6 is 0 Å². The van der Waals surface area contributed by atoms with Crippen molar-refractivity contribution in [2.75, 3.05) is 5.32 Å². The number of nitrogens with zero attached hydrogens (tertiary/aromatic N) is 1. The van der Waals surface area contributed by atoms with Gasteiger partial charge in [0.15, 0.2) is 11.3 Å². The maximum atomic E-state index is 12.2. The molecule has 0 atom stereocenters. The summed E-state index contributed by atoms with van der Waals surface area (Å²) in [6.07, 6.45) is -3.32. The minimum absolute atomic E-state index is 0.165. The third kappa shape index (κ3) is 3.78. The molecule has 0 bridgehead atoms. The minimum Gasteiger partial charge on any atom is -0.423 e. The Labute approximate surface area is 148 Å². The van der Waals surface area contributed by atoms with Crippen LogP contribution in [-0.4, -0.2) is 16.3 Å². The predicted octanol–water partition coefficient (Wildman–Crippen LogP) is 4.42. The lowest BCUT2D eigenvalue weighted by atomic mass is 10.2. The van der Waals surface area contributed by atoms with E-state index < -0.39 is 12.1 Å². The Morgan fingerprint density at radius 3 is 2.59 bits per heavy atom. The van der Waals surface area contributed by atoms with Crippen molar-refractivity contribution in [2.24, 2.45) is 0 Å². The quantitative estimate of drug-likeness (QED) is 0.547. The first-order chi connectivity index (χ1) is 12.9. The van der Waals surface area contributed by atoms with E-state index in [0.29, 0.717) is 28.1 Å². The lowest BCUT2D eigenvalue weighted by Crippen LogP contribution is -2.16. The van der Waals surface area contributed by atoms with Gasteiger partial charge >= 0.3 is 12.1 Å². The van der Waals surface area contributed by atoms with Gasteiger partial charge in [0.25, 0.3) is 6.01 Å². The van der Waals surface area contributed by atoms with Gasteiger partial charge in [0.05, 0.1) is 11.7 Å². The van der Waals surface area contributed by atoms with E-state index in [1.807, 2.05) is 0 Å². The summed E-state index contributed by atoms with van der Waals surface area (Å²) in [5.41, 5.74) is 2.03. The highest BCUT2D eigenvalue weighted by molar-refractivity contribution is 5.77. The summed E-state index contributed by atoms with van der Waals surface area (Å²) in [6, 6.07) is 10.3. The van der Waals surface area contributed by atoms with Crippen LogP contribution in [0.2, 0.25) is 0 Å². The summed E-state index contributed by atoms with van der Waals surface area (Å²) < 4.78 is 50.9. The van der Waals surface area contributed by atoms with Crippen molar-refractivity contribution in [3.63, 3.8) is 0 Å². The number of hydrogen-bond donors (Lipinski definition) is 2. The van der Waals surface area contributed by atoms with Crippen LogP contribution in [0.3, 0.4) is 0 Å². The van der Waals surface area contributed by atoms with Gasteiger partial charge in [0.2, 0.25) is 0 Å². The number of halogens is 3. The van der Waals surface area contributed by atoms with Crippen molar-refractivity contribution < 1.29 is 26.7 Å². The molecule has 7 nitrogen and oxygen atoms in total. The summed E-state index contributed by atoms with van der Waals surface area (Å²) in [6.45, 7) is 0. The Hall–Kier alpha value is -3.69. The van der Waals surface area contributed by atoms with Crippen LogP contribution in [0.15, 0.2) is 62.3 Å². The topological polar surface area (TPSA) is 93.3 Å². The molecule has 4 rings (SSSR count). The second-order valence-electron chi connectivity index (χ2n) is 5.45. The number of aromatic nitrogens is 2. The molecule has 0 radical (unpaired) electrons. The second kappa shape index (κ2) is 6.24. The van der Waals surface area contributed by atoms with E-state index in [1.165, 1.54) is 30.5 Å². The Morgan fingerprint density at radius 1 is 1.07 bits per heavy atom. The molecule has 0 aliphatic carbocycles. The van der Waals surface area contributed by atoms with Crippen LogP contribution in [0.4, 0.5) is 24.9 Å². The third-order valence-corrected chi connectivity index (χ3v) is 3.55. The summed E-state index contributed by atoms with van der Waals surface area (Å²) in [4.78, 5) is 17.8. The second-order valence-corrected chi connectivity index (χ2v) is 5.45. The van der Waals surface area contributed by atoms with Gasteiger partial charge in [-0.25, -0.2) is 9.78 Å². The third-order valence-electron chi connectivity index (χ3n) is 3.55. The number of fused-ring (bicyclic) bond motifs is 1. The van der Waals surface area contributed by atoms with Gasteiger partial charge in [-0.1, -0.05) is 0 Å². The zero-order valence-electron chi connectivity index (χ0n) is 13.3. The van der Waals surface area contributed by atoms with Crippen LogP contribution in [-0.2, 0) is 0 Å². The van der Waals surface area contributed by atoms with Crippen molar-refractivity contribution in [3.05, 3.63) is 59.2 Å². The average molecular weight is 377 g/mol. The molecule has 138 valence electrons.